The Labute approximate surface area is 234 Å². The van der Waals surface area contributed by atoms with Crippen LogP contribution in [-0.2, 0) is 24.2 Å². The van der Waals surface area contributed by atoms with Crippen LogP contribution < -0.4 is 0 Å². The van der Waals surface area contributed by atoms with Crippen molar-refractivity contribution in [3.05, 3.63) is 98.4 Å². The van der Waals surface area contributed by atoms with Crippen LogP contribution in [0.5, 0.6) is 0 Å². The Bertz CT molecular complexity index is 1630. The molecule has 198 valence electrons. The largest absolute Gasteiger partial charge is 0.478 e. The van der Waals surface area contributed by atoms with Gasteiger partial charge in [-0.3, -0.25) is 9.69 Å². The number of carboxylic acids is 1. The van der Waals surface area contributed by atoms with E-state index < -0.39 is 5.97 Å². The fourth-order valence-corrected chi connectivity index (χ4v) is 7.70. The van der Waals surface area contributed by atoms with Crippen molar-refractivity contribution in [2.45, 2.75) is 46.1 Å². The first kappa shape index (κ1) is 25.5. The van der Waals surface area contributed by atoms with E-state index in [1.807, 2.05) is 67.0 Å². The lowest BCUT2D eigenvalue weighted by molar-refractivity contribution is -0.122. The van der Waals surface area contributed by atoms with E-state index in [9.17, 15) is 14.7 Å². The first-order chi connectivity index (χ1) is 18.9. The zero-order chi connectivity index (χ0) is 27.1. The number of carboxylic acid groups (broad SMARTS) is 1. The van der Waals surface area contributed by atoms with E-state index in [0.717, 1.165) is 58.9 Å². The minimum atomic E-state index is -0.881. The third-order valence-electron chi connectivity index (χ3n) is 7.09. The first-order valence-corrected chi connectivity index (χ1v) is 14.5. The molecule has 1 aliphatic heterocycles. The lowest BCUT2D eigenvalue weighted by atomic mass is 9.95. The molecule has 39 heavy (non-hydrogen) atoms. The van der Waals surface area contributed by atoms with Crippen molar-refractivity contribution in [2.24, 2.45) is 4.99 Å². The molecular formula is C30H27N3O4S2. The molecule has 1 amide bonds. The number of para-hydroxylation sites is 1. The molecule has 1 N–H and O–H groups in total. The Morgan fingerprint density at radius 2 is 1.92 bits per heavy atom. The van der Waals surface area contributed by atoms with Gasteiger partial charge in [0.05, 0.1) is 29.0 Å². The Morgan fingerprint density at radius 1 is 1.13 bits per heavy atom. The number of furan rings is 1. The summed E-state index contributed by atoms with van der Waals surface area (Å²) in [5, 5.41) is 11.5. The standard InChI is InChI=1S/C30H27N3O4S2/c1-18-15-20(19(2)33(18)28-26(29(35)36)23-12-6-7-13-24(23)38-28)16-25-27(34)32(17-22-11-8-14-37-22)30(39-25)31-21-9-4-3-5-10-21/h3-5,8-11,14-16H,6-7,12-13,17H2,1-2H3,(H,35,36)/b25-16-,31-30?. The molecule has 9 heteroatoms. The molecule has 2 aliphatic rings. The number of benzene rings is 1. The topological polar surface area (TPSA) is 88.0 Å². The number of hydrogen-bond acceptors (Lipinski definition) is 6. The molecule has 1 aromatic carbocycles. The van der Waals surface area contributed by atoms with E-state index in [-0.39, 0.29) is 12.5 Å². The van der Waals surface area contributed by atoms with Crippen molar-refractivity contribution in [3.8, 4) is 5.00 Å². The highest BCUT2D eigenvalue weighted by Crippen LogP contribution is 2.40. The van der Waals surface area contributed by atoms with Crippen LogP contribution in [0.15, 0.2) is 69.1 Å². The highest BCUT2D eigenvalue weighted by Gasteiger charge is 2.35. The molecule has 1 saturated heterocycles. The minimum Gasteiger partial charge on any atom is -0.478 e. The van der Waals surface area contributed by atoms with E-state index in [1.54, 1.807) is 28.6 Å². The van der Waals surface area contributed by atoms with Crippen LogP contribution in [0.1, 0.15) is 56.4 Å². The molecule has 0 radical (unpaired) electrons. The number of carbonyl (C=O) groups is 2. The van der Waals surface area contributed by atoms with Crippen molar-refractivity contribution in [3.63, 3.8) is 0 Å². The molecule has 0 atom stereocenters. The second-order valence-electron chi connectivity index (χ2n) is 9.67. The van der Waals surface area contributed by atoms with Crippen molar-refractivity contribution >= 4 is 51.9 Å². The van der Waals surface area contributed by atoms with Gasteiger partial charge in [-0.05, 0) is 98.8 Å². The van der Waals surface area contributed by atoms with Crippen LogP contribution >= 0.6 is 23.1 Å². The predicted octanol–water partition coefficient (Wildman–Crippen LogP) is 7.13. The molecule has 0 unspecified atom stereocenters. The third-order valence-corrected chi connectivity index (χ3v) is 9.37. The van der Waals surface area contributed by atoms with Crippen LogP contribution in [0.4, 0.5) is 5.69 Å². The number of fused-ring (bicyclic) bond motifs is 1. The average molecular weight is 558 g/mol. The van der Waals surface area contributed by atoms with Crippen molar-refractivity contribution in [1.29, 1.82) is 0 Å². The molecule has 0 saturated carbocycles. The van der Waals surface area contributed by atoms with E-state index in [4.69, 9.17) is 9.41 Å². The maximum absolute atomic E-state index is 13.6. The van der Waals surface area contributed by atoms with Crippen LogP contribution in [0.3, 0.4) is 0 Å². The quantitative estimate of drug-likeness (QED) is 0.255. The van der Waals surface area contributed by atoms with Crippen molar-refractivity contribution < 1.29 is 19.1 Å². The van der Waals surface area contributed by atoms with Gasteiger partial charge in [0, 0.05) is 16.3 Å². The van der Waals surface area contributed by atoms with Gasteiger partial charge < -0.3 is 14.1 Å². The van der Waals surface area contributed by atoms with Gasteiger partial charge in [0.15, 0.2) is 5.17 Å². The van der Waals surface area contributed by atoms with Gasteiger partial charge in [-0.2, -0.15) is 0 Å². The van der Waals surface area contributed by atoms with Gasteiger partial charge in [0.2, 0.25) is 0 Å². The summed E-state index contributed by atoms with van der Waals surface area (Å²) < 4.78 is 7.55. The summed E-state index contributed by atoms with van der Waals surface area (Å²) >= 11 is 2.92. The maximum atomic E-state index is 13.6. The number of aromatic carboxylic acids is 1. The zero-order valence-corrected chi connectivity index (χ0v) is 23.3. The number of hydrogen-bond donors (Lipinski definition) is 1. The van der Waals surface area contributed by atoms with E-state index in [1.165, 1.54) is 16.6 Å². The van der Waals surface area contributed by atoms with Gasteiger partial charge in [0.1, 0.15) is 10.8 Å². The third kappa shape index (κ3) is 4.77. The molecule has 4 heterocycles. The van der Waals surface area contributed by atoms with Crippen LogP contribution in [0.2, 0.25) is 0 Å². The molecular weight excluding hydrogens is 530 g/mol. The summed E-state index contributed by atoms with van der Waals surface area (Å²) in [5.41, 5.74) is 4.88. The summed E-state index contributed by atoms with van der Waals surface area (Å²) in [4.78, 5) is 34.1. The first-order valence-electron chi connectivity index (χ1n) is 12.9. The second-order valence-corrected chi connectivity index (χ2v) is 11.8. The normalized spacial score (nSPS) is 17.4. The fraction of sp³-hybridized carbons (Fsp3) is 0.233. The van der Waals surface area contributed by atoms with Gasteiger partial charge in [-0.25, -0.2) is 9.79 Å². The van der Waals surface area contributed by atoms with Crippen LogP contribution in [-0.4, -0.2) is 31.6 Å². The molecule has 0 bridgehead atoms. The number of rotatable bonds is 6. The SMILES string of the molecule is Cc1cc(/C=C2\SC(=Nc3ccccc3)N(Cc3ccco3)C2=O)c(C)n1-c1sc2c(c1C(=O)O)CCCC2. The van der Waals surface area contributed by atoms with E-state index in [0.29, 0.717) is 21.4 Å². The number of aryl methyl sites for hydroxylation is 2. The van der Waals surface area contributed by atoms with E-state index in [2.05, 4.69) is 0 Å². The zero-order valence-electron chi connectivity index (χ0n) is 21.6. The summed E-state index contributed by atoms with van der Waals surface area (Å²) in [5.74, 6) is -0.352. The summed E-state index contributed by atoms with van der Waals surface area (Å²) in [6, 6.07) is 15.2. The Kier molecular flexibility index (Phi) is 6.78. The number of carbonyl (C=O) groups excluding carboxylic acids is 1. The average Bonchev–Trinajstić information content (AvgIpc) is 3.68. The minimum absolute atomic E-state index is 0.145. The predicted molar refractivity (Wildman–Crippen MR) is 155 cm³/mol. The summed E-state index contributed by atoms with van der Waals surface area (Å²) in [7, 11) is 0. The molecule has 1 fully saturated rings. The smallest absolute Gasteiger partial charge is 0.339 e. The Morgan fingerprint density at radius 3 is 2.67 bits per heavy atom. The monoisotopic (exact) mass is 557 g/mol. The fourth-order valence-electron chi connectivity index (χ4n) is 5.22. The lowest BCUT2D eigenvalue weighted by Crippen LogP contribution is -2.28. The molecule has 1 aliphatic carbocycles. The highest BCUT2D eigenvalue weighted by molar-refractivity contribution is 8.18. The highest BCUT2D eigenvalue weighted by atomic mass is 32.2. The van der Waals surface area contributed by atoms with Gasteiger partial charge in [-0.15, -0.1) is 11.3 Å². The van der Waals surface area contributed by atoms with Crippen molar-refractivity contribution in [2.75, 3.05) is 0 Å². The van der Waals surface area contributed by atoms with Crippen molar-refractivity contribution in [1.82, 2.24) is 9.47 Å². The van der Waals surface area contributed by atoms with Crippen LogP contribution in [0, 0.1) is 13.8 Å². The molecule has 0 spiro atoms. The Hall–Kier alpha value is -3.82. The number of amides is 1. The lowest BCUT2D eigenvalue weighted by Gasteiger charge is -2.13. The summed E-state index contributed by atoms with van der Waals surface area (Å²) in [6.45, 7) is 4.24. The number of nitrogens with zero attached hydrogens (tertiary/aromatic N) is 3. The molecule has 4 aromatic rings. The Balaban J connectivity index is 1.40. The maximum Gasteiger partial charge on any atom is 0.339 e. The number of thiophene rings is 1. The van der Waals surface area contributed by atoms with Gasteiger partial charge >= 0.3 is 5.97 Å². The second kappa shape index (κ2) is 10.4. The van der Waals surface area contributed by atoms with Gasteiger partial charge in [-0.1, -0.05) is 18.2 Å². The van der Waals surface area contributed by atoms with Gasteiger partial charge in [0.25, 0.3) is 5.91 Å². The summed E-state index contributed by atoms with van der Waals surface area (Å²) in [6.07, 6.45) is 7.33. The number of amidine groups is 1. The van der Waals surface area contributed by atoms with Crippen LogP contribution in [0.25, 0.3) is 11.1 Å². The van der Waals surface area contributed by atoms with E-state index >= 15 is 0 Å². The molecule has 7 nitrogen and oxygen atoms in total. The number of aromatic nitrogens is 1. The number of thioether (sulfide) groups is 1. The molecule has 3 aromatic heterocycles. The number of aliphatic imine (C=N–C) groups is 1. The molecule has 6 rings (SSSR count).